The highest BCUT2D eigenvalue weighted by molar-refractivity contribution is 5.89. The van der Waals surface area contributed by atoms with E-state index in [1.165, 1.54) is 19.2 Å². The highest BCUT2D eigenvalue weighted by atomic mass is 19.4. The van der Waals surface area contributed by atoms with Crippen molar-refractivity contribution in [1.82, 2.24) is 10.1 Å². The molecule has 0 N–H and O–H groups in total. The van der Waals surface area contributed by atoms with Crippen LogP contribution in [0.15, 0.2) is 52.9 Å². The van der Waals surface area contributed by atoms with Gasteiger partial charge in [-0.1, -0.05) is 24.2 Å². The van der Waals surface area contributed by atoms with Gasteiger partial charge in [0.1, 0.15) is 29.6 Å². The molecule has 1 saturated heterocycles. The molecule has 3 aromatic rings. The molecule has 41 heavy (non-hydrogen) atoms. The number of aryl methyl sites for hydroxylation is 1. The maximum absolute atomic E-state index is 13.1. The molecule has 2 aliphatic heterocycles. The molecule has 2 aromatic heterocycles. The molecule has 11 heteroatoms. The Hall–Kier alpha value is -4.02. The lowest BCUT2D eigenvalue weighted by molar-refractivity contribution is -0.274. The van der Waals surface area contributed by atoms with Crippen LogP contribution in [0.3, 0.4) is 0 Å². The van der Waals surface area contributed by atoms with Crippen molar-refractivity contribution in [2.45, 2.75) is 70.5 Å². The molecule has 0 amide bonds. The molecule has 2 fully saturated rings. The fourth-order valence-electron chi connectivity index (χ4n) is 5.99. The summed E-state index contributed by atoms with van der Waals surface area (Å²) in [6, 6.07) is 7.92. The van der Waals surface area contributed by atoms with E-state index in [1.54, 1.807) is 24.4 Å². The number of aromatic nitrogens is 2. The topological polar surface area (TPSA) is 86.9 Å². The molecule has 0 spiro atoms. The third-order valence-corrected chi connectivity index (χ3v) is 7.99. The molecule has 8 nitrogen and oxygen atoms in total. The van der Waals surface area contributed by atoms with Gasteiger partial charge in [0.2, 0.25) is 0 Å². The van der Waals surface area contributed by atoms with Crippen molar-refractivity contribution in [3.63, 3.8) is 0 Å². The van der Waals surface area contributed by atoms with Crippen LogP contribution in [0.4, 0.5) is 19.0 Å². The normalized spacial score (nSPS) is 22.0. The summed E-state index contributed by atoms with van der Waals surface area (Å²) in [5.41, 5.74) is 2.44. The number of anilines is 1. The third kappa shape index (κ3) is 5.37. The molecule has 4 heterocycles. The Labute approximate surface area is 235 Å². The summed E-state index contributed by atoms with van der Waals surface area (Å²) in [7, 11) is 1.34. The lowest BCUT2D eigenvalue weighted by atomic mass is 10.0. The summed E-state index contributed by atoms with van der Waals surface area (Å²) < 4.78 is 60.4. The Balaban J connectivity index is 1.26. The first kappa shape index (κ1) is 27.2. The second kappa shape index (κ2) is 10.4. The van der Waals surface area contributed by atoms with E-state index >= 15 is 0 Å². The van der Waals surface area contributed by atoms with E-state index in [0.29, 0.717) is 34.9 Å². The number of benzene rings is 1. The maximum Gasteiger partial charge on any atom is 0.573 e. The van der Waals surface area contributed by atoms with E-state index in [9.17, 15) is 18.0 Å². The van der Waals surface area contributed by atoms with Crippen LogP contribution in [0.1, 0.15) is 65.8 Å². The van der Waals surface area contributed by atoms with Crippen LogP contribution in [-0.2, 0) is 16.1 Å². The summed E-state index contributed by atoms with van der Waals surface area (Å²) >= 11 is 0. The van der Waals surface area contributed by atoms with Gasteiger partial charge in [-0.15, -0.1) is 13.2 Å². The number of alkyl halides is 3. The fourth-order valence-corrected chi connectivity index (χ4v) is 5.99. The summed E-state index contributed by atoms with van der Waals surface area (Å²) in [4.78, 5) is 18.9. The number of pyridine rings is 1. The predicted molar refractivity (Wildman–Crippen MR) is 142 cm³/mol. The molecule has 6 rings (SSSR count). The standard InChI is InChI=1S/C30H30F3N3O5/c1-16-11-20-12-21(13-24(16)36(20)28-17(2)10-19(14-34-28)29(37)38-3)39-15-23-26(35-41-27(23)18-8-9-18)22-6-4-5-7-25(22)40-30(31,32)33/h4-7,10,13-14,16,18,20,24H,8-9,11-12,15H2,1-3H3/t16-,20?,24?/m1/s1. The van der Waals surface area contributed by atoms with Crippen molar-refractivity contribution in [2.24, 2.45) is 5.92 Å². The Bertz CT molecular complexity index is 1500. The van der Waals surface area contributed by atoms with Gasteiger partial charge in [0.15, 0.2) is 0 Å². The van der Waals surface area contributed by atoms with E-state index in [4.69, 9.17) is 14.0 Å². The van der Waals surface area contributed by atoms with Crippen molar-refractivity contribution in [2.75, 3.05) is 12.0 Å². The first-order valence-electron chi connectivity index (χ1n) is 13.6. The SMILES string of the molecule is COC(=O)c1cnc(N2C3CC(OCc4c(-c5ccccc5OC(F)(F)F)noc4C4CC4)=CC2[C@H](C)C3)c(C)c1. The van der Waals surface area contributed by atoms with Gasteiger partial charge in [0.25, 0.3) is 0 Å². The predicted octanol–water partition coefficient (Wildman–Crippen LogP) is 6.70. The lowest BCUT2D eigenvalue weighted by Crippen LogP contribution is -2.41. The van der Waals surface area contributed by atoms with Crippen LogP contribution in [0.5, 0.6) is 5.75 Å². The average Bonchev–Trinajstić information content (AvgIpc) is 3.66. The number of rotatable bonds is 8. The fraction of sp³-hybridized carbons (Fsp3) is 0.433. The molecule has 3 atom stereocenters. The summed E-state index contributed by atoms with van der Waals surface area (Å²) in [6.45, 7) is 4.24. The number of halogens is 3. The number of methoxy groups -OCH3 is 1. The number of esters is 1. The zero-order valence-corrected chi connectivity index (χ0v) is 22.9. The Kier molecular flexibility index (Phi) is 6.91. The molecule has 2 bridgehead atoms. The molecular formula is C30H30F3N3O5. The quantitative estimate of drug-likeness (QED) is 0.277. The van der Waals surface area contributed by atoms with Crippen molar-refractivity contribution in [1.29, 1.82) is 0 Å². The van der Waals surface area contributed by atoms with Gasteiger partial charge < -0.3 is 23.6 Å². The highest BCUT2D eigenvalue weighted by Crippen LogP contribution is 2.47. The molecule has 0 radical (unpaired) electrons. The second-order valence-corrected chi connectivity index (χ2v) is 10.9. The average molecular weight is 570 g/mol. The Morgan fingerprint density at radius 1 is 1.22 bits per heavy atom. The number of carbonyl (C=O) groups is 1. The first-order valence-corrected chi connectivity index (χ1v) is 13.6. The van der Waals surface area contributed by atoms with Gasteiger partial charge in [-0.05, 0) is 61.9 Å². The smallest absolute Gasteiger partial charge is 0.493 e. The van der Waals surface area contributed by atoms with Crippen LogP contribution in [-0.4, -0.2) is 41.7 Å². The minimum atomic E-state index is -4.84. The minimum Gasteiger partial charge on any atom is -0.493 e. The van der Waals surface area contributed by atoms with Gasteiger partial charge in [0.05, 0.1) is 30.0 Å². The number of carbonyl (C=O) groups excluding carboxylic acids is 1. The van der Waals surface area contributed by atoms with E-state index in [0.717, 1.165) is 36.4 Å². The molecule has 1 aliphatic carbocycles. The van der Waals surface area contributed by atoms with Gasteiger partial charge in [0, 0.05) is 30.1 Å². The van der Waals surface area contributed by atoms with Crippen LogP contribution in [0, 0.1) is 12.8 Å². The molecule has 2 unspecified atom stereocenters. The molecule has 1 saturated carbocycles. The first-order chi connectivity index (χ1) is 19.6. The van der Waals surface area contributed by atoms with Crippen LogP contribution in [0.25, 0.3) is 11.3 Å². The molecule has 3 aliphatic rings. The second-order valence-electron chi connectivity index (χ2n) is 10.9. The number of hydrogen-bond donors (Lipinski definition) is 0. The van der Waals surface area contributed by atoms with E-state index in [2.05, 4.69) is 32.8 Å². The monoisotopic (exact) mass is 569 g/mol. The Morgan fingerprint density at radius 2 is 2.00 bits per heavy atom. The lowest BCUT2D eigenvalue weighted by Gasteiger charge is -2.36. The van der Waals surface area contributed by atoms with Gasteiger partial charge in [-0.2, -0.15) is 0 Å². The minimum absolute atomic E-state index is 0.0460. The third-order valence-electron chi connectivity index (χ3n) is 7.99. The van der Waals surface area contributed by atoms with Crippen molar-refractivity contribution in [3.8, 4) is 17.0 Å². The van der Waals surface area contributed by atoms with Crippen LogP contribution < -0.4 is 9.64 Å². The zero-order chi connectivity index (χ0) is 28.9. The highest BCUT2D eigenvalue weighted by Gasteiger charge is 2.43. The zero-order valence-electron chi connectivity index (χ0n) is 22.9. The number of ether oxygens (including phenoxy) is 3. The molecular weight excluding hydrogens is 539 g/mol. The molecule has 216 valence electrons. The van der Waals surface area contributed by atoms with Crippen LogP contribution >= 0.6 is 0 Å². The van der Waals surface area contributed by atoms with Crippen molar-refractivity contribution >= 4 is 11.8 Å². The van der Waals surface area contributed by atoms with E-state index in [-0.39, 0.29) is 35.9 Å². The summed E-state index contributed by atoms with van der Waals surface area (Å²) in [5.74, 6) is 2.06. The van der Waals surface area contributed by atoms with Crippen LogP contribution in [0.2, 0.25) is 0 Å². The Morgan fingerprint density at radius 3 is 2.68 bits per heavy atom. The number of para-hydroxylation sites is 1. The number of nitrogens with zero attached hydrogens (tertiary/aromatic N) is 3. The van der Waals surface area contributed by atoms with Crippen molar-refractivity contribution < 1.29 is 36.7 Å². The number of hydrogen-bond acceptors (Lipinski definition) is 8. The maximum atomic E-state index is 13.1. The van der Waals surface area contributed by atoms with Gasteiger partial charge >= 0.3 is 12.3 Å². The van der Waals surface area contributed by atoms with Crippen molar-refractivity contribution in [3.05, 3.63) is 70.8 Å². The largest absolute Gasteiger partial charge is 0.573 e. The molecule has 1 aromatic carbocycles. The van der Waals surface area contributed by atoms with E-state index < -0.39 is 12.3 Å². The number of fused-ring (bicyclic) bond motifs is 2. The summed E-state index contributed by atoms with van der Waals surface area (Å²) in [6.07, 6.45) is 2.27. The van der Waals surface area contributed by atoms with E-state index in [1.807, 2.05) is 6.92 Å². The summed E-state index contributed by atoms with van der Waals surface area (Å²) in [5, 5.41) is 4.17. The van der Waals surface area contributed by atoms with Gasteiger partial charge in [-0.25, -0.2) is 9.78 Å². The van der Waals surface area contributed by atoms with Gasteiger partial charge in [-0.3, -0.25) is 0 Å².